The summed E-state index contributed by atoms with van der Waals surface area (Å²) in [6.07, 6.45) is 0. The molecule has 1 amide bonds. The van der Waals surface area contributed by atoms with E-state index in [-0.39, 0.29) is 17.4 Å². The van der Waals surface area contributed by atoms with Gasteiger partial charge in [0.1, 0.15) is 5.75 Å². The van der Waals surface area contributed by atoms with Crippen LogP contribution in [0.25, 0.3) is 0 Å². The Morgan fingerprint density at radius 3 is 2.09 bits per heavy atom. The van der Waals surface area contributed by atoms with E-state index in [1.54, 1.807) is 37.3 Å². The molecule has 0 aliphatic rings. The van der Waals surface area contributed by atoms with Gasteiger partial charge < -0.3 is 19.5 Å². The van der Waals surface area contributed by atoms with E-state index in [4.69, 9.17) is 14.2 Å². The smallest absolute Gasteiger partial charge is 0.262 e. The van der Waals surface area contributed by atoms with Crippen LogP contribution < -0.4 is 24.2 Å². The summed E-state index contributed by atoms with van der Waals surface area (Å²) in [4.78, 5) is 12.4. The van der Waals surface area contributed by atoms with E-state index < -0.39 is 10.0 Å². The van der Waals surface area contributed by atoms with Gasteiger partial charge in [-0.1, -0.05) is 6.07 Å². The highest BCUT2D eigenvalue weighted by Crippen LogP contribution is 2.30. The number of anilines is 2. The topological polar surface area (TPSA) is 103 Å². The van der Waals surface area contributed by atoms with E-state index in [1.165, 1.54) is 32.4 Å². The number of hydrogen-bond donors (Lipinski definition) is 2. The second-order valence-corrected chi connectivity index (χ2v) is 9.42. The number of aryl methyl sites for hydroxylation is 3. The summed E-state index contributed by atoms with van der Waals surface area (Å²) >= 11 is 0. The predicted molar refractivity (Wildman–Crippen MR) is 132 cm³/mol. The summed E-state index contributed by atoms with van der Waals surface area (Å²) in [5, 5.41) is 2.72. The lowest BCUT2D eigenvalue weighted by Gasteiger charge is -2.13. The quantitative estimate of drug-likeness (QED) is 0.465. The van der Waals surface area contributed by atoms with Gasteiger partial charge in [0.05, 0.1) is 19.1 Å². The molecule has 0 saturated heterocycles. The lowest BCUT2D eigenvalue weighted by molar-refractivity contribution is -0.118. The first-order valence-corrected chi connectivity index (χ1v) is 12.0. The molecule has 0 aliphatic heterocycles. The molecule has 2 N–H and O–H groups in total. The van der Waals surface area contributed by atoms with Crippen molar-refractivity contribution in [3.63, 3.8) is 0 Å². The van der Waals surface area contributed by atoms with Crippen molar-refractivity contribution in [2.75, 3.05) is 30.9 Å². The Morgan fingerprint density at radius 1 is 0.765 bits per heavy atom. The zero-order valence-electron chi connectivity index (χ0n) is 19.8. The van der Waals surface area contributed by atoms with E-state index in [0.717, 1.165) is 11.1 Å². The first-order valence-electron chi connectivity index (χ1n) is 10.5. The zero-order chi connectivity index (χ0) is 24.9. The third kappa shape index (κ3) is 5.99. The SMILES string of the molecule is COc1ccc(NC(=O)COc2ccc(S(=O)(=O)Nc3ccc(C)c(C)c3)cc2C)cc1OC. The normalized spacial score (nSPS) is 11.0. The van der Waals surface area contributed by atoms with Gasteiger partial charge in [-0.15, -0.1) is 0 Å². The molecule has 3 rings (SSSR count). The molecule has 0 bridgehead atoms. The maximum Gasteiger partial charge on any atom is 0.262 e. The summed E-state index contributed by atoms with van der Waals surface area (Å²) in [5.41, 5.74) is 3.68. The molecule has 180 valence electrons. The van der Waals surface area contributed by atoms with Gasteiger partial charge in [-0.05, 0) is 79.9 Å². The maximum atomic E-state index is 12.8. The van der Waals surface area contributed by atoms with Crippen molar-refractivity contribution in [1.82, 2.24) is 0 Å². The predicted octanol–water partition coefficient (Wildman–Crippen LogP) is 4.45. The van der Waals surface area contributed by atoms with Crippen LogP contribution in [0.1, 0.15) is 16.7 Å². The van der Waals surface area contributed by atoms with Crippen LogP contribution in [-0.2, 0) is 14.8 Å². The fourth-order valence-electron chi connectivity index (χ4n) is 3.22. The zero-order valence-corrected chi connectivity index (χ0v) is 20.6. The molecule has 0 aliphatic carbocycles. The molecule has 0 radical (unpaired) electrons. The van der Waals surface area contributed by atoms with Crippen LogP contribution >= 0.6 is 0 Å². The van der Waals surface area contributed by atoms with E-state index >= 15 is 0 Å². The highest BCUT2D eigenvalue weighted by Gasteiger charge is 2.17. The van der Waals surface area contributed by atoms with Crippen LogP contribution in [0.5, 0.6) is 17.2 Å². The lowest BCUT2D eigenvalue weighted by atomic mass is 10.1. The van der Waals surface area contributed by atoms with Gasteiger partial charge in [0.15, 0.2) is 18.1 Å². The highest BCUT2D eigenvalue weighted by molar-refractivity contribution is 7.92. The number of carbonyl (C=O) groups is 1. The number of amides is 1. The Hall–Kier alpha value is -3.72. The van der Waals surface area contributed by atoms with E-state index in [1.807, 2.05) is 19.9 Å². The van der Waals surface area contributed by atoms with Crippen molar-refractivity contribution < 1.29 is 27.4 Å². The molecule has 0 atom stereocenters. The van der Waals surface area contributed by atoms with Crippen LogP contribution in [0.2, 0.25) is 0 Å². The van der Waals surface area contributed by atoms with Crippen LogP contribution in [-0.4, -0.2) is 35.2 Å². The highest BCUT2D eigenvalue weighted by atomic mass is 32.2. The summed E-state index contributed by atoms with van der Waals surface area (Å²) < 4.78 is 44.2. The molecule has 0 spiro atoms. The van der Waals surface area contributed by atoms with Gasteiger partial charge in [0.2, 0.25) is 0 Å². The van der Waals surface area contributed by atoms with E-state index in [0.29, 0.717) is 34.2 Å². The monoisotopic (exact) mass is 484 g/mol. The van der Waals surface area contributed by atoms with E-state index in [2.05, 4.69) is 10.0 Å². The van der Waals surface area contributed by atoms with Crippen LogP contribution in [0.3, 0.4) is 0 Å². The van der Waals surface area contributed by atoms with Crippen LogP contribution in [0.15, 0.2) is 59.5 Å². The van der Waals surface area contributed by atoms with Gasteiger partial charge in [0, 0.05) is 17.4 Å². The van der Waals surface area contributed by atoms with Crippen LogP contribution in [0, 0.1) is 20.8 Å². The number of rotatable bonds is 9. The number of nitrogens with one attached hydrogen (secondary N) is 2. The Labute approximate surface area is 199 Å². The minimum absolute atomic E-state index is 0.102. The lowest BCUT2D eigenvalue weighted by Crippen LogP contribution is -2.20. The second-order valence-electron chi connectivity index (χ2n) is 7.74. The van der Waals surface area contributed by atoms with Crippen molar-refractivity contribution >= 4 is 27.3 Å². The minimum Gasteiger partial charge on any atom is -0.493 e. The average Bonchev–Trinajstić information content (AvgIpc) is 2.80. The molecule has 0 heterocycles. The first-order chi connectivity index (χ1) is 16.1. The van der Waals surface area contributed by atoms with Crippen molar-refractivity contribution in [3.8, 4) is 17.2 Å². The summed E-state index contributed by atoms with van der Waals surface area (Å²) in [6, 6.07) is 14.9. The van der Waals surface area contributed by atoms with E-state index in [9.17, 15) is 13.2 Å². The maximum absolute atomic E-state index is 12.8. The van der Waals surface area contributed by atoms with Gasteiger partial charge in [0.25, 0.3) is 15.9 Å². The molecule has 3 aromatic rings. The standard InChI is InChI=1S/C25H28N2O6S/c1-16-6-7-20(12-17(16)2)27-34(29,30)21-9-11-22(18(3)13-21)33-15-25(28)26-19-8-10-23(31-4)24(14-19)32-5/h6-14,27H,15H2,1-5H3,(H,26,28). The molecular weight excluding hydrogens is 456 g/mol. The molecule has 0 fully saturated rings. The number of carbonyl (C=O) groups excluding carboxylic acids is 1. The Balaban J connectivity index is 1.64. The molecule has 0 aromatic heterocycles. The van der Waals surface area contributed by atoms with Crippen molar-refractivity contribution in [2.45, 2.75) is 25.7 Å². The second kappa shape index (κ2) is 10.5. The number of sulfonamides is 1. The first kappa shape index (κ1) is 24.9. The molecule has 0 saturated carbocycles. The van der Waals surface area contributed by atoms with Gasteiger partial charge in [-0.3, -0.25) is 9.52 Å². The Morgan fingerprint density at radius 2 is 1.44 bits per heavy atom. The molecule has 9 heteroatoms. The van der Waals surface area contributed by atoms with Crippen molar-refractivity contribution in [2.24, 2.45) is 0 Å². The number of hydrogen-bond acceptors (Lipinski definition) is 6. The third-order valence-electron chi connectivity index (χ3n) is 5.24. The third-order valence-corrected chi connectivity index (χ3v) is 6.62. The van der Waals surface area contributed by atoms with Gasteiger partial charge in [-0.25, -0.2) is 8.42 Å². The average molecular weight is 485 g/mol. The summed E-state index contributed by atoms with van der Waals surface area (Å²) in [7, 11) is -0.733. The largest absolute Gasteiger partial charge is 0.493 e. The summed E-state index contributed by atoms with van der Waals surface area (Å²) in [5.74, 6) is 1.07. The fraction of sp³-hybridized carbons (Fsp3) is 0.240. The van der Waals surface area contributed by atoms with Crippen LogP contribution in [0.4, 0.5) is 11.4 Å². The Kier molecular flexibility index (Phi) is 7.68. The number of benzene rings is 3. The van der Waals surface area contributed by atoms with Gasteiger partial charge >= 0.3 is 0 Å². The minimum atomic E-state index is -3.77. The van der Waals surface area contributed by atoms with Crippen molar-refractivity contribution in [3.05, 3.63) is 71.3 Å². The molecule has 34 heavy (non-hydrogen) atoms. The van der Waals surface area contributed by atoms with Gasteiger partial charge in [-0.2, -0.15) is 0 Å². The molecule has 8 nitrogen and oxygen atoms in total. The number of methoxy groups -OCH3 is 2. The molecule has 0 unspecified atom stereocenters. The fourth-order valence-corrected chi connectivity index (χ4v) is 4.36. The molecular formula is C25H28N2O6S. The number of ether oxygens (including phenoxy) is 3. The molecule has 3 aromatic carbocycles. The Bertz CT molecular complexity index is 1300. The summed E-state index contributed by atoms with van der Waals surface area (Å²) in [6.45, 7) is 5.35. The van der Waals surface area contributed by atoms with Crippen molar-refractivity contribution in [1.29, 1.82) is 0 Å².